The van der Waals surface area contributed by atoms with Gasteiger partial charge in [-0.05, 0) is 64.2 Å². The number of rotatable bonds is 49. The van der Waals surface area contributed by atoms with E-state index in [4.69, 9.17) is 14.2 Å². The first-order valence-electron chi connectivity index (χ1n) is 26.8. The average Bonchev–Trinajstić information content (AvgIpc) is 3.26. The summed E-state index contributed by atoms with van der Waals surface area (Å²) in [5.41, 5.74) is 0. The van der Waals surface area contributed by atoms with Crippen LogP contribution in [-0.2, 0) is 28.6 Å². The highest BCUT2D eigenvalue weighted by atomic mass is 16.6. The SMILES string of the molecule is CCCC/C=C\CCCCCCCC(=O)O[C@H](COC(=O)CCCCCCCCCCC/C=C\CCCCCCCC)COC(=O)CCCCCCCCCCCCCCC. The van der Waals surface area contributed by atoms with Crippen LogP contribution in [0.15, 0.2) is 24.3 Å². The van der Waals surface area contributed by atoms with Gasteiger partial charge in [-0.3, -0.25) is 14.4 Å². The molecule has 0 aromatic rings. The molecule has 0 bridgehead atoms. The fraction of sp³-hybridized carbons (Fsp3) is 0.873. The molecule has 0 aliphatic heterocycles. The molecule has 0 aliphatic rings. The topological polar surface area (TPSA) is 78.9 Å². The first kappa shape index (κ1) is 58.9. The van der Waals surface area contributed by atoms with Gasteiger partial charge in [0.25, 0.3) is 0 Å². The Morgan fingerprint density at radius 3 is 0.869 bits per heavy atom. The van der Waals surface area contributed by atoms with Crippen LogP contribution < -0.4 is 0 Å². The fourth-order valence-corrected chi connectivity index (χ4v) is 7.83. The zero-order chi connectivity index (χ0) is 44.4. The summed E-state index contributed by atoms with van der Waals surface area (Å²) in [5, 5.41) is 0. The van der Waals surface area contributed by atoms with E-state index < -0.39 is 6.10 Å². The van der Waals surface area contributed by atoms with Gasteiger partial charge >= 0.3 is 17.9 Å². The molecule has 0 aliphatic carbocycles. The second-order valence-corrected chi connectivity index (χ2v) is 18.1. The Kier molecular flexibility index (Phi) is 48.8. The van der Waals surface area contributed by atoms with E-state index in [1.807, 2.05) is 0 Å². The van der Waals surface area contributed by atoms with E-state index in [-0.39, 0.29) is 31.1 Å². The molecule has 0 aromatic heterocycles. The van der Waals surface area contributed by atoms with Crippen molar-refractivity contribution in [2.24, 2.45) is 0 Å². The quantitative estimate of drug-likeness (QED) is 0.0262. The summed E-state index contributed by atoms with van der Waals surface area (Å²) in [6, 6.07) is 0. The molecule has 0 N–H and O–H groups in total. The van der Waals surface area contributed by atoms with E-state index in [0.717, 1.165) is 64.2 Å². The van der Waals surface area contributed by atoms with Gasteiger partial charge < -0.3 is 14.2 Å². The van der Waals surface area contributed by atoms with E-state index in [2.05, 4.69) is 45.1 Å². The third-order valence-electron chi connectivity index (χ3n) is 11.9. The molecule has 6 heteroatoms. The van der Waals surface area contributed by atoms with Crippen molar-refractivity contribution in [1.29, 1.82) is 0 Å². The molecule has 0 fully saturated rings. The first-order chi connectivity index (χ1) is 30.0. The van der Waals surface area contributed by atoms with Crippen molar-refractivity contribution in [3.05, 3.63) is 24.3 Å². The van der Waals surface area contributed by atoms with Crippen molar-refractivity contribution in [1.82, 2.24) is 0 Å². The van der Waals surface area contributed by atoms with Crippen molar-refractivity contribution >= 4 is 17.9 Å². The lowest BCUT2D eigenvalue weighted by molar-refractivity contribution is -0.167. The second kappa shape index (κ2) is 50.5. The molecule has 0 saturated carbocycles. The molecule has 0 rings (SSSR count). The minimum Gasteiger partial charge on any atom is -0.462 e. The minimum absolute atomic E-state index is 0.0714. The third-order valence-corrected chi connectivity index (χ3v) is 11.9. The van der Waals surface area contributed by atoms with E-state index in [0.29, 0.717) is 19.3 Å². The van der Waals surface area contributed by atoms with Gasteiger partial charge in [0.15, 0.2) is 6.10 Å². The second-order valence-electron chi connectivity index (χ2n) is 18.1. The largest absolute Gasteiger partial charge is 0.462 e. The molecule has 61 heavy (non-hydrogen) atoms. The molecular formula is C55H102O6. The molecule has 0 heterocycles. The highest BCUT2D eigenvalue weighted by molar-refractivity contribution is 5.71. The summed E-state index contributed by atoms with van der Waals surface area (Å²) in [4.78, 5) is 37.9. The molecule has 1 atom stereocenters. The van der Waals surface area contributed by atoms with Crippen LogP contribution >= 0.6 is 0 Å². The predicted octanol–water partition coefficient (Wildman–Crippen LogP) is 17.5. The van der Waals surface area contributed by atoms with E-state index >= 15 is 0 Å². The van der Waals surface area contributed by atoms with E-state index in [1.165, 1.54) is 186 Å². The molecule has 0 amide bonds. The van der Waals surface area contributed by atoms with Crippen LogP contribution in [0.2, 0.25) is 0 Å². The smallest absolute Gasteiger partial charge is 0.306 e. The lowest BCUT2D eigenvalue weighted by atomic mass is 10.0. The Morgan fingerprint density at radius 1 is 0.311 bits per heavy atom. The van der Waals surface area contributed by atoms with Crippen LogP contribution in [0.4, 0.5) is 0 Å². The number of hydrogen-bond acceptors (Lipinski definition) is 6. The maximum atomic E-state index is 12.8. The maximum absolute atomic E-state index is 12.8. The van der Waals surface area contributed by atoms with E-state index in [1.54, 1.807) is 0 Å². The van der Waals surface area contributed by atoms with Gasteiger partial charge in [0, 0.05) is 19.3 Å². The zero-order valence-corrected chi connectivity index (χ0v) is 40.9. The predicted molar refractivity (Wildman–Crippen MR) is 261 cm³/mol. The van der Waals surface area contributed by atoms with Crippen molar-refractivity contribution in [3.8, 4) is 0 Å². The van der Waals surface area contributed by atoms with Crippen LogP contribution in [0.3, 0.4) is 0 Å². The normalized spacial score (nSPS) is 12.1. The molecule has 0 aromatic carbocycles. The molecule has 0 spiro atoms. The Morgan fingerprint density at radius 2 is 0.557 bits per heavy atom. The lowest BCUT2D eigenvalue weighted by Gasteiger charge is -2.18. The van der Waals surface area contributed by atoms with Gasteiger partial charge in [0.1, 0.15) is 13.2 Å². The van der Waals surface area contributed by atoms with Gasteiger partial charge in [-0.1, -0.05) is 231 Å². The van der Waals surface area contributed by atoms with Crippen LogP contribution in [0.5, 0.6) is 0 Å². The number of ether oxygens (including phenoxy) is 3. The van der Waals surface area contributed by atoms with Crippen LogP contribution in [-0.4, -0.2) is 37.2 Å². The summed E-state index contributed by atoms with van der Waals surface area (Å²) in [7, 11) is 0. The summed E-state index contributed by atoms with van der Waals surface area (Å²) in [5.74, 6) is -0.870. The standard InChI is InChI=1S/C55H102O6/c1-4-7-10-13-16-19-22-24-25-26-27-28-29-31-34-36-39-42-45-48-54(57)60-51-52(61-55(58)49-46-43-40-37-32-21-18-15-12-9-6-3)50-59-53(56)47-44-41-38-35-33-30-23-20-17-14-11-8-5-2/h15,18,24-25,52H,4-14,16-17,19-23,26-51H2,1-3H3/b18-15-,25-24-/t52-/m0/s1. The molecule has 358 valence electrons. The highest BCUT2D eigenvalue weighted by Crippen LogP contribution is 2.16. The lowest BCUT2D eigenvalue weighted by Crippen LogP contribution is -2.30. The highest BCUT2D eigenvalue weighted by Gasteiger charge is 2.19. The monoisotopic (exact) mass is 859 g/mol. The van der Waals surface area contributed by atoms with Gasteiger partial charge in [0.2, 0.25) is 0 Å². The Bertz CT molecular complexity index is 989. The summed E-state index contributed by atoms with van der Waals surface area (Å²) >= 11 is 0. The number of hydrogen-bond donors (Lipinski definition) is 0. The van der Waals surface area contributed by atoms with E-state index in [9.17, 15) is 14.4 Å². The summed E-state index contributed by atoms with van der Waals surface area (Å²) in [6.07, 6.45) is 57.3. The van der Waals surface area contributed by atoms with Crippen molar-refractivity contribution in [2.75, 3.05) is 13.2 Å². The average molecular weight is 859 g/mol. The maximum Gasteiger partial charge on any atom is 0.306 e. The zero-order valence-electron chi connectivity index (χ0n) is 40.9. The molecule has 0 unspecified atom stereocenters. The number of esters is 3. The number of carbonyl (C=O) groups is 3. The Labute approximate surface area is 379 Å². The minimum atomic E-state index is -0.771. The fourth-order valence-electron chi connectivity index (χ4n) is 7.83. The molecular weight excluding hydrogens is 757 g/mol. The van der Waals surface area contributed by atoms with Crippen molar-refractivity contribution < 1.29 is 28.6 Å². The van der Waals surface area contributed by atoms with Crippen molar-refractivity contribution in [2.45, 2.75) is 297 Å². The molecule has 0 radical (unpaired) electrons. The molecule has 6 nitrogen and oxygen atoms in total. The van der Waals surface area contributed by atoms with Crippen LogP contribution in [0, 0.1) is 0 Å². The van der Waals surface area contributed by atoms with Gasteiger partial charge in [0.05, 0.1) is 0 Å². The van der Waals surface area contributed by atoms with Crippen LogP contribution in [0.25, 0.3) is 0 Å². The first-order valence-corrected chi connectivity index (χ1v) is 26.8. The van der Waals surface area contributed by atoms with Crippen molar-refractivity contribution in [3.63, 3.8) is 0 Å². The Hall–Kier alpha value is -2.11. The van der Waals surface area contributed by atoms with Gasteiger partial charge in [-0.2, -0.15) is 0 Å². The van der Waals surface area contributed by atoms with Gasteiger partial charge in [-0.25, -0.2) is 0 Å². The third kappa shape index (κ3) is 48.8. The summed E-state index contributed by atoms with van der Waals surface area (Å²) < 4.78 is 16.8. The number of carbonyl (C=O) groups excluding carboxylic acids is 3. The molecule has 0 saturated heterocycles. The summed E-state index contributed by atoms with van der Waals surface area (Å²) in [6.45, 7) is 6.62. The van der Waals surface area contributed by atoms with Crippen LogP contribution in [0.1, 0.15) is 290 Å². The van der Waals surface area contributed by atoms with Gasteiger partial charge in [-0.15, -0.1) is 0 Å². The number of unbranched alkanes of at least 4 members (excludes halogenated alkanes) is 34. The Balaban J connectivity index is 4.28. The number of allylic oxidation sites excluding steroid dienone is 4.